The number of halogens is 2. The lowest BCUT2D eigenvalue weighted by molar-refractivity contribution is 0.0958. The van der Waals surface area contributed by atoms with Crippen molar-refractivity contribution in [1.82, 2.24) is 10.3 Å². The quantitative estimate of drug-likeness (QED) is 0.465. The number of aromatic nitrogens is 1. The number of aromatic amines is 1. The van der Waals surface area contributed by atoms with Crippen molar-refractivity contribution in [3.63, 3.8) is 0 Å². The number of fused-ring (bicyclic) bond motifs is 2. The molecule has 0 spiro atoms. The van der Waals surface area contributed by atoms with E-state index >= 15 is 0 Å². The highest BCUT2D eigenvalue weighted by Crippen LogP contribution is 2.35. The third-order valence-corrected chi connectivity index (χ3v) is 6.06. The number of benzene rings is 2. The number of carbonyl (C=O) groups is 1. The number of hydrogen-bond donors (Lipinski definition) is 2. The summed E-state index contributed by atoms with van der Waals surface area (Å²) in [7, 11) is 0. The van der Waals surface area contributed by atoms with E-state index in [-0.39, 0.29) is 5.91 Å². The second kappa shape index (κ2) is 6.71. The smallest absolute Gasteiger partial charge is 0.262 e. The van der Waals surface area contributed by atoms with Crippen LogP contribution in [0.4, 0.5) is 0 Å². The van der Waals surface area contributed by atoms with Crippen LogP contribution in [-0.2, 0) is 6.42 Å². The number of H-pyrrole nitrogens is 1. The summed E-state index contributed by atoms with van der Waals surface area (Å²) in [6.07, 6.45) is 2.67. The van der Waals surface area contributed by atoms with E-state index < -0.39 is 0 Å². The lowest BCUT2D eigenvalue weighted by Crippen LogP contribution is -2.25. The van der Waals surface area contributed by atoms with Gasteiger partial charge >= 0.3 is 0 Å². The van der Waals surface area contributed by atoms with Gasteiger partial charge < -0.3 is 10.3 Å². The van der Waals surface area contributed by atoms with Gasteiger partial charge in [-0.2, -0.15) is 0 Å². The molecule has 2 heterocycles. The van der Waals surface area contributed by atoms with Crippen LogP contribution in [0.15, 0.2) is 48.7 Å². The van der Waals surface area contributed by atoms with E-state index in [0.717, 1.165) is 26.6 Å². The molecule has 0 aliphatic carbocycles. The average Bonchev–Trinajstić information content (AvgIpc) is 3.16. The first-order chi connectivity index (χ1) is 12.1. The van der Waals surface area contributed by atoms with Gasteiger partial charge in [-0.15, -0.1) is 11.3 Å². The van der Waals surface area contributed by atoms with Crippen molar-refractivity contribution >= 4 is 61.4 Å². The van der Waals surface area contributed by atoms with Crippen LogP contribution < -0.4 is 5.32 Å². The molecule has 4 aromatic rings. The molecule has 1 amide bonds. The molecule has 0 bridgehead atoms. The summed E-state index contributed by atoms with van der Waals surface area (Å²) in [5.41, 5.74) is 2.17. The maximum Gasteiger partial charge on any atom is 0.262 e. The lowest BCUT2D eigenvalue weighted by atomic mass is 10.1. The van der Waals surface area contributed by atoms with Crippen LogP contribution in [0.1, 0.15) is 15.2 Å². The summed E-state index contributed by atoms with van der Waals surface area (Å²) in [5.74, 6) is -0.135. The standard InChI is InChI=1S/C19H14Cl2N2OS/c20-12-5-6-15-14(9-12)11(10-23-15)7-8-22-19(24)18-17(21)13-3-1-2-4-16(13)25-18/h1-6,9-10,23H,7-8H2,(H,22,24). The molecule has 0 fully saturated rings. The highest BCUT2D eigenvalue weighted by molar-refractivity contribution is 7.21. The van der Waals surface area contributed by atoms with Gasteiger partial charge in [0.25, 0.3) is 5.91 Å². The molecule has 25 heavy (non-hydrogen) atoms. The molecule has 2 aromatic carbocycles. The third kappa shape index (κ3) is 3.13. The second-order valence-corrected chi connectivity index (χ2v) is 7.62. The van der Waals surface area contributed by atoms with E-state index in [0.29, 0.717) is 27.9 Å². The van der Waals surface area contributed by atoms with E-state index in [2.05, 4.69) is 10.3 Å². The molecular weight excluding hydrogens is 375 g/mol. The van der Waals surface area contributed by atoms with Gasteiger partial charge in [0.1, 0.15) is 4.88 Å². The number of rotatable bonds is 4. The Morgan fingerprint density at radius 1 is 1.12 bits per heavy atom. The van der Waals surface area contributed by atoms with Crippen LogP contribution in [0.5, 0.6) is 0 Å². The van der Waals surface area contributed by atoms with Gasteiger partial charge in [0.05, 0.1) is 5.02 Å². The average molecular weight is 389 g/mol. The zero-order chi connectivity index (χ0) is 17.4. The Balaban J connectivity index is 1.48. The van der Waals surface area contributed by atoms with Gasteiger partial charge in [-0.25, -0.2) is 0 Å². The van der Waals surface area contributed by atoms with Gasteiger partial charge in [0.15, 0.2) is 0 Å². The molecule has 0 saturated heterocycles. The largest absolute Gasteiger partial charge is 0.361 e. The van der Waals surface area contributed by atoms with Crippen LogP contribution in [-0.4, -0.2) is 17.4 Å². The fraction of sp³-hybridized carbons (Fsp3) is 0.105. The number of amides is 1. The zero-order valence-electron chi connectivity index (χ0n) is 13.1. The highest BCUT2D eigenvalue weighted by atomic mass is 35.5. The zero-order valence-corrected chi connectivity index (χ0v) is 15.4. The van der Waals surface area contributed by atoms with E-state index in [1.807, 2.05) is 48.7 Å². The fourth-order valence-electron chi connectivity index (χ4n) is 2.91. The minimum Gasteiger partial charge on any atom is -0.361 e. The van der Waals surface area contributed by atoms with Crippen molar-refractivity contribution in [2.24, 2.45) is 0 Å². The molecule has 6 heteroatoms. The predicted molar refractivity (Wildman–Crippen MR) is 106 cm³/mol. The Morgan fingerprint density at radius 2 is 1.96 bits per heavy atom. The number of thiophene rings is 1. The van der Waals surface area contributed by atoms with Gasteiger partial charge in [0, 0.05) is 38.8 Å². The van der Waals surface area contributed by atoms with Crippen LogP contribution in [0, 0.1) is 0 Å². The van der Waals surface area contributed by atoms with Gasteiger partial charge in [-0.3, -0.25) is 4.79 Å². The molecule has 0 aliphatic rings. The van der Waals surface area contributed by atoms with Crippen LogP contribution >= 0.6 is 34.5 Å². The summed E-state index contributed by atoms with van der Waals surface area (Å²) >= 11 is 13.8. The molecule has 126 valence electrons. The number of nitrogens with one attached hydrogen (secondary N) is 2. The maximum atomic E-state index is 12.5. The summed E-state index contributed by atoms with van der Waals surface area (Å²) in [4.78, 5) is 16.2. The van der Waals surface area contributed by atoms with Crippen LogP contribution in [0.25, 0.3) is 21.0 Å². The molecule has 0 saturated carbocycles. The molecule has 2 aromatic heterocycles. The summed E-state index contributed by atoms with van der Waals surface area (Å²) in [6, 6.07) is 13.5. The van der Waals surface area contributed by atoms with Gasteiger partial charge in [-0.1, -0.05) is 41.4 Å². The van der Waals surface area contributed by atoms with E-state index in [1.54, 1.807) is 0 Å². The number of hydrogen-bond acceptors (Lipinski definition) is 2. The maximum absolute atomic E-state index is 12.5. The van der Waals surface area contributed by atoms with E-state index in [9.17, 15) is 4.79 Å². The van der Waals surface area contributed by atoms with E-state index in [4.69, 9.17) is 23.2 Å². The predicted octanol–water partition coefficient (Wildman–Crippen LogP) is 5.66. The fourth-order valence-corrected chi connectivity index (χ4v) is 4.51. The normalized spacial score (nSPS) is 11.3. The first-order valence-corrected chi connectivity index (χ1v) is 9.41. The second-order valence-electron chi connectivity index (χ2n) is 5.75. The number of carbonyl (C=O) groups excluding carboxylic acids is 1. The van der Waals surface area contributed by atoms with Gasteiger partial charge in [0.2, 0.25) is 0 Å². The Morgan fingerprint density at radius 3 is 2.80 bits per heavy atom. The molecule has 2 N–H and O–H groups in total. The molecule has 3 nitrogen and oxygen atoms in total. The highest BCUT2D eigenvalue weighted by Gasteiger charge is 2.16. The molecule has 0 aliphatic heterocycles. The van der Waals surface area contributed by atoms with Gasteiger partial charge in [-0.05, 0) is 36.2 Å². The van der Waals surface area contributed by atoms with Crippen molar-refractivity contribution in [2.75, 3.05) is 6.54 Å². The molecule has 4 rings (SSSR count). The Bertz CT molecular complexity index is 1080. The summed E-state index contributed by atoms with van der Waals surface area (Å²) < 4.78 is 1.02. The van der Waals surface area contributed by atoms with Crippen molar-refractivity contribution < 1.29 is 4.79 Å². The summed E-state index contributed by atoms with van der Waals surface area (Å²) in [5, 5.41) is 6.19. The molecule has 0 atom stereocenters. The Hall–Kier alpha value is -2.01. The topological polar surface area (TPSA) is 44.9 Å². The molecular formula is C19H14Cl2N2OS. The van der Waals surface area contributed by atoms with Crippen LogP contribution in [0.3, 0.4) is 0 Å². The van der Waals surface area contributed by atoms with Crippen molar-refractivity contribution in [2.45, 2.75) is 6.42 Å². The van der Waals surface area contributed by atoms with E-state index in [1.165, 1.54) is 11.3 Å². The molecule has 0 radical (unpaired) electrons. The van der Waals surface area contributed by atoms with Crippen molar-refractivity contribution in [3.05, 3.63) is 69.1 Å². The minimum absolute atomic E-state index is 0.135. The third-order valence-electron chi connectivity index (χ3n) is 4.15. The first kappa shape index (κ1) is 16.5. The van der Waals surface area contributed by atoms with Crippen molar-refractivity contribution in [1.29, 1.82) is 0 Å². The van der Waals surface area contributed by atoms with Crippen molar-refractivity contribution in [3.8, 4) is 0 Å². The summed E-state index contributed by atoms with van der Waals surface area (Å²) in [6.45, 7) is 0.531. The Labute approximate surface area is 158 Å². The Kier molecular flexibility index (Phi) is 4.42. The van der Waals surface area contributed by atoms with Crippen LogP contribution in [0.2, 0.25) is 10.0 Å². The first-order valence-electron chi connectivity index (χ1n) is 7.84. The SMILES string of the molecule is O=C(NCCc1c[nH]c2ccc(Cl)cc12)c1sc2ccccc2c1Cl. The lowest BCUT2D eigenvalue weighted by Gasteiger charge is -2.04. The minimum atomic E-state index is -0.135. The monoisotopic (exact) mass is 388 g/mol. The molecule has 0 unspecified atom stereocenters.